The molecule has 0 fully saturated rings. The molecule has 0 aliphatic heterocycles. The van der Waals surface area contributed by atoms with Gasteiger partial charge in [-0.3, -0.25) is 4.79 Å². The molecular formula is C14H22N2O5. The fourth-order valence-electron chi connectivity index (χ4n) is 1.56. The number of carbonyl (C=O) groups is 1. The number of hydrogen-bond acceptors (Lipinski definition) is 6. The number of para-hydroxylation sites is 1. The fourth-order valence-corrected chi connectivity index (χ4v) is 1.56. The zero-order valence-corrected chi connectivity index (χ0v) is 12.2. The minimum absolute atomic E-state index is 0.243. The molecule has 7 nitrogen and oxygen atoms in total. The monoisotopic (exact) mass is 298 g/mol. The van der Waals surface area contributed by atoms with Gasteiger partial charge in [-0.25, -0.2) is 0 Å². The number of primary amides is 1. The van der Waals surface area contributed by atoms with Crippen molar-refractivity contribution in [3.8, 4) is 5.75 Å². The van der Waals surface area contributed by atoms with Crippen molar-refractivity contribution in [1.29, 1.82) is 0 Å². The van der Waals surface area contributed by atoms with E-state index in [0.29, 0.717) is 45.4 Å². The van der Waals surface area contributed by atoms with Crippen molar-refractivity contribution in [1.82, 2.24) is 0 Å². The van der Waals surface area contributed by atoms with Crippen molar-refractivity contribution >= 4 is 11.6 Å². The average Bonchev–Trinajstić information content (AvgIpc) is 2.46. The van der Waals surface area contributed by atoms with Crippen LogP contribution in [0.4, 0.5) is 5.69 Å². The Kier molecular flexibility index (Phi) is 8.18. The van der Waals surface area contributed by atoms with Crippen LogP contribution in [0.2, 0.25) is 0 Å². The van der Waals surface area contributed by atoms with Crippen LogP contribution in [0.5, 0.6) is 5.75 Å². The molecule has 1 aromatic rings. The number of nitrogens with two attached hydrogens (primary N) is 2. The summed E-state index contributed by atoms with van der Waals surface area (Å²) >= 11 is 0. The van der Waals surface area contributed by atoms with E-state index in [9.17, 15) is 4.79 Å². The number of amides is 1. The molecule has 0 radical (unpaired) electrons. The molecule has 118 valence electrons. The van der Waals surface area contributed by atoms with Crippen LogP contribution < -0.4 is 16.2 Å². The van der Waals surface area contributed by atoms with Crippen LogP contribution in [0.1, 0.15) is 10.4 Å². The van der Waals surface area contributed by atoms with Gasteiger partial charge < -0.3 is 30.4 Å². The van der Waals surface area contributed by atoms with E-state index in [1.54, 1.807) is 25.3 Å². The van der Waals surface area contributed by atoms with Gasteiger partial charge in [-0.05, 0) is 12.1 Å². The molecule has 1 amide bonds. The number of methoxy groups -OCH3 is 1. The first-order chi connectivity index (χ1) is 10.2. The quantitative estimate of drug-likeness (QED) is 0.453. The van der Waals surface area contributed by atoms with Gasteiger partial charge in [-0.2, -0.15) is 0 Å². The summed E-state index contributed by atoms with van der Waals surface area (Å²) in [6.45, 7) is 2.82. The van der Waals surface area contributed by atoms with Crippen LogP contribution in [0.3, 0.4) is 0 Å². The predicted molar refractivity (Wildman–Crippen MR) is 78.4 cm³/mol. The molecule has 0 bridgehead atoms. The summed E-state index contributed by atoms with van der Waals surface area (Å²) in [7, 11) is 1.62. The third-order valence-corrected chi connectivity index (χ3v) is 2.62. The molecule has 0 saturated heterocycles. The summed E-state index contributed by atoms with van der Waals surface area (Å²) in [4.78, 5) is 11.1. The van der Waals surface area contributed by atoms with Gasteiger partial charge >= 0.3 is 0 Å². The lowest BCUT2D eigenvalue weighted by molar-refractivity contribution is 0.0180. The van der Waals surface area contributed by atoms with Crippen LogP contribution in [0.15, 0.2) is 18.2 Å². The fraction of sp³-hybridized carbons (Fsp3) is 0.500. The summed E-state index contributed by atoms with van der Waals surface area (Å²) in [5, 5.41) is 0. The zero-order chi connectivity index (χ0) is 15.5. The first-order valence-electron chi connectivity index (χ1n) is 6.62. The van der Waals surface area contributed by atoms with E-state index in [2.05, 4.69) is 0 Å². The van der Waals surface area contributed by atoms with Gasteiger partial charge in [-0.1, -0.05) is 6.07 Å². The van der Waals surface area contributed by atoms with Crippen LogP contribution in [0, 0.1) is 0 Å². The first kappa shape index (κ1) is 17.2. The van der Waals surface area contributed by atoms with E-state index in [-0.39, 0.29) is 11.3 Å². The lowest BCUT2D eigenvalue weighted by Gasteiger charge is -2.11. The second kappa shape index (κ2) is 9.98. The highest BCUT2D eigenvalue weighted by Gasteiger charge is 2.09. The molecule has 0 aromatic heterocycles. The molecule has 21 heavy (non-hydrogen) atoms. The smallest absolute Gasteiger partial charge is 0.250 e. The van der Waals surface area contributed by atoms with Gasteiger partial charge in [0.1, 0.15) is 12.4 Å². The summed E-state index contributed by atoms with van der Waals surface area (Å²) in [5.74, 6) is -0.159. The van der Waals surface area contributed by atoms with Crippen molar-refractivity contribution in [2.75, 3.05) is 52.5 Å². The molecule has 0 unspecified atom stereocenters. The Hall–Kier alpha value is -1.83. The zero-order valence-electron chi connectivity index (χ0n) is 12.2. The van der Waals surface area contributed by atoms with Gasteiger partial charge in [0.05, 0.1) is 44.3 Å². The highest BCUT2D eigenvalue weighted by Crippen LogP contribution is 2.24. The number of rotatable bonds is 11. The van der Waals surface area contributed by atoms with E-state index >= 15 is 0 Å². The molecule has 0 spiro atoms. The normalized spacial score (nSPS) is 10.5. The van der Waals surface area contributed by atoms with Gasteiger partial charge in [0.15, 0.2) is 0 Å². The Morgan fingerprint density at radius 2 is 1.67 bits per heavy atom. The van der Waals surface area contributed by atoms with Gasteiger partial charge in [0.2, 0.25) is 0 Å². The molecule has 0 atom stereocenters. The molecule has 0 heterocycles. The maximum Gasteiger partial charge on any atom is 0.250 e. The van der Waals surface area contributed by atoms with E-state index in [4.69, 9.17) is 30.4 Å². The van der Waals surface area contributed by atoms with E-state index < -0.39 is 5.91 Å². The summed E-state index contributed by atoms with van der Waals surface area (Å²) in [6.07, 6.45) is 0. The molecule has 1 aromatic carbocycles. The van der Waals surface area contributed by atoms with Crippen LogP contribution >= 0.6 is 0 Å². The second-order valence-corrected chi connectivity index (χ2v) is 4.15. The molecule has 0 aliphatic rings. The molecular weight excluding hydrogens is 276 g/mol. The maximum atomic E-state index is 11.1. The molecule has 7 heteroatoms. The number of ether oxygens (including phenoxy) is 4. The topological polar surface area (TPSA) is 106 Å². The Morgan fingerprint density at radius 1 is 1.05 bits per heavy atom. The Bertz CT molecular complexity index is 439. The van der Waals surface area contributed by atoms with Gasteiger partial charge in [0.25, 0.3) is 5.91 Å². The highest BCUT2D eigenvalue weighted by molar-refractivity contribution is 5.99. The van der Waals surface area contributed by atoms with Crippen LogP contribution in [0.25, 0.3) is 0 Å². The standard InChI is InChI=1S/C14H22N2O5/c1-18-5-6-19-7-8-20-9-10-21-12-4-2-3-11(13(12)15)14(16)17/h2-4H,5-10,15H2,1H3,(H2,16,17). The van der Waals surface area contributed by atoms with Crippen molar-refractivity contribution < 1.29 is 23.7 Å². The predicted octanol–water partition coefficient (Wildman–Crippen LogP) is 0.426. The van der Waals surface area contributed by atoms with E-state index in [0.717, 1.165) is 0 Å². The number of anilines is 1. The number of carbonyl (C=O) groups excluding carboxylic acids is 1. The number of hydrogen-bond donors (Lipinski definition) is 2. The highest BCUT2D eigenvalue weighted by atomic mass is 16.6. The Labute approximate surface area is 124 Å². The lowest BCUT2D eigenvalue weighted by atomic mass is 10.1. The second-order valence-electron chi connectivity index (χ2n) is 4.15. The van der Waals surface area contributed by atoms with Crippen molar-refractivity contribution in [3.05, 3.63) is 23.8 Å². The molecule has 1 rings (SSSR count). The third kappa shape index (κ3) is 6.44. The van der Waals surface area contributed by atoms with Crippen LogP contribution in [-0.2, 0) is 14.2 Å². The third-order valence-electron chi connectivity index (χ3n) is 2.62. The number of benzene rings is 1. The van der Waals surface area contributed by atoms with Gasteiger partial charge in [-0.15, -0.1) is 0 Å². The largest absolute Gasteiger partial charge is 0.489 e. The van der Waals surface area contributed by atoms with Crippen molar-refractivity contribution in [2.45, 2.75) is 0 Å². The summed E-state index contributed by atoms with van der Waals surface area (Å²) in [6, 6.07) is 4.89. The summed E-state index contributed by atoms with van der Waals surface area (Å²) < 4.78 is 20.9. The van der Waals surface area contributed by atoms with E-state index in [1.165, 1.54) is 0 Å². The molecule has 0 saturated carbocycles. The number of nitrogen functional groups attached to an aromatic ring is 1. The Morgan fingerprint density at radius 3 is 2.29 bits per heavy atom. The van der Waals surface area contributed by atoms with E-state index in [1.807, 2.05) is 0 Å². The van der Waals surface area contributed by atoms with Crippen LogP contribution in [-0.4, -0.2) is 52.7 Å². The SMILES string of the molecule is COCCOCCOCCOc1cccc(C(N)=O)c1N. The van der Waals surface area contributed by atoms with Gasteiger partial charge in [0, 0.05) is 7.11 Å². The average molecular weight is 298 g/mol. The van der Waals surface area contributed by atoms with Crippen molar-refractivity contribution in [3.63, 3.8) is 0 Å². The molecule has 0 aliphatic carbocycles. The Balaban J connectivity index is 2.19. The maximum absolute atomic E-state index is 11.1. The van der Waals surface area contributed by atoms with Crippen molar-refractivity contribution in [2.24, 2.45) is 5.73 Å². The minimum atomic E-state index is -0.581. The minimum Gasteiger partial charge on any atom is -0.489 e. The lowest BCUT2D eigenvalue weighted by Crippen LogP contribution is -2.15. The first-order valence-corrected chi connectivity index (χ1v) is 6.62. The summed E-state index contributed by atoms with van der Waals surface area (Å²) in [5.41, 5.74) is 11.5. The molecule has 4 N–H and O–H groups in total.